The summed E-state index contributed by atoms with van der Waals surface area (Å²) in [5.41, 5.74) is 0. The van der Waals surface area contributed by atoms with E-state index < -0.39 is 7.82 Å². The summed E-state index contributed by atoms with van der Waals surface area (Å²) in [5.74, 6) is 0. The molecule has 0 bridgehead atoms. The van der Waals surface area contributed by atoms with Gasteiger partial charge in [0.2, 0.25) is 0 Å². The molecule has 49 valence electrons. The molecule has 0 aliphatic heterocycles. The van der Waals surface area contributed by atoms with Crippen LogP contribution >= 0.6 is 7.82 Å². The van der Waals surface area contributed by atoms with Crippen LogP contribution in [0.5, 0.6) is 0 Å². The fourth-order valence-electron chi connectivity index (χ4n) is 0. The maximum absolute atomic E-state index is 10.2. The molecular weight excluding hydrogens is 196 g/mol. The fourth-order valence-corrected chi connectivity index (χ4v) is 0. The molecule has 8 heavy (non-hydrogen) atoms. The van der Waals surface area contributed by atoms with Gasteiger partial charge in [-0.05, 0) is 4.53 Å². The molecule has 0 aromatic heterocycles. The Kier molecular flexibility index (Phi) is 13.6. The van der Waals surface area contributed by atoms with E-state index in [0.717, 1.165) is 0 Å². The van der Waals surface area contributed by atoms with E-state index in [9.17, 15) is 4.53 Å². The number of phosphoric acid groups is 1. The van der Waals surface area contributed by atoms with Crippen molar-refractivity contribution in [3.8, 4) is 0 Å². The van der Waals surface area contributed by atoms with Crippen LogP contribution in [-0.4, -0.2) is 9.79 Å². The van der Waals surface area contributed by atoms with E-state index in [2.05, 4.69) is 4.73 Å². The molecule has 0 spiro atoms. The van der Waals surface area contributed by atoms with Gasteiger partial charge in [-0.15, -0.1) is 0 Å². The molecule has 0 aromatic rings. The summed E-state index contributed by atoms with van der Waals surface area (Å²) in [6.07, 6.45) is 0. The second kappa shape index (κ2) is 6.66. The Morgan fingerprint density at radius 3 is 1.75 bits per heavy atom. The van der Waals surface area contributed by atoms with E-state index >= 15 is 0 Å². The average molecular weight is 199 g/mol. The third-order valence-electron chi connectivity index (χ3n) is 0.0899. The average Bonchev–Trinajstić information content (AvgIpc) is 1.35. The van der Waals surface area contributed by atoms with Crippen molar-refractivity contribution in [2.45, 2.75) is 0 Å². The molecule has 0 heterocycles. The Bertz CT molecular complexity index is 84.6. The summed E-state index contributed by atoms with van der Waals surface area (Å²) in [5, 5.41) is 0. The Labute approximate surface area is 78.9 Å². The van der Waals surface area contributed by atoms with E-state index in [0.29, 0.717) is 0 Å². The molecule has 0 aromatic carbocycles. The Hall–Kier alpha value is 1.55. The van der Waals surface area contributed by atoms with E-state index in [1.54, 1.807) is 0 Å². The van der Waals surface area contributed by atoms with E-state index in [4.69, 9.17) is 14.4 Å². The van der Waals surface area contributed by atoms with Gasteiger partial charge in [0.25, 0.3) is 0 Å². The molecule has 0 unspecified atom stereocenters. The van der Waals surface area contributed by atoms with Crippen LogP contribution in [0, 0.1) is 0 Å². The summed E-state index contributed by atoms with van der Waals surface area (Å²) in [6, 6.07) is 0. The SMILES string of the molecule is O=P(O)(O)OF.[Co].[H-].[Na+]. The van der Waals surface area contributed by atoms with Crippen molar-refractivity contribution in [2.24, 2.45) is 0 Å². The Balaban J connectivity index is -0.0000000417. The van der Waals surface area contributed by atoms with Gasteiger partial charge < -0.3 is 11.2 Å². The predicted molar refractivity (Wildman–Crippen MR) is 15.3 cm³/mol. The first kappa shape index (κ1) is 16.3. The fraction of sp³-hybridized carbons (Fsp3) is 0. The van der Waals surface area contributed by atoms with Gasteiger partial charge in [0.15, 0.2) is 0 Å². The normalized spacial score (nSPS) is 8.88. The number of halogens is 1. The molecular formula is H3CoFNaO4P. The predicted octanol–water partition coefficient (Wildman–Crippen LogP) is -2.91. The first-order valence-electron chi connectivity index (χ1n) is 0.919. The molecule has 0 saturated heterocycles. The van der Waals surface area contributed by atoms with Gasteiger partial charge in [-0.25, -0.2) is 4.57 Å². The van der Waals surface area contributed by atoms with E-state index in [1.165, 1.54) is 0 Å². The van der Waals surface area contributed by atoms with E-state index in [1.807, 2.05) is 0 Å². The van der Waals surface area contributed by atoms with Crippen LogP contribution in [-0.2, 0) is 26.1 Å². The maximum atomic E-state index is 10.2. The number of hydrogen-bond acceptors (Lipinski definition) is 2. The Morgan fingerprint density at radius 1 is 1.62 bits per heavy atom. The first-order valence-corrected chi connectivity index (χ1v) is 2.45. The molecule has 8 heteroatoms. The number of rotatable bonds is 1. The van der Waals surface area contributed by atoms with Gasteiger partial charge in [0.1, 0.15) is 0 Å². The molecule has 0 rings (SSSR count). The maximum Gasteiger partial charge on any atom is 1.00 e. The van der Waals surface area contributed by atoms with Crippen LogP contribution < -0.4 is 29.6 Å². The van der Waals surface area contributed by atoms with Crippen LogP contribution in [0.25, 0.3) is 0 Å². The summed E-state index contributed by atoms with van der Waals surface area (Å²) >= 11 is 0. The van der Waals surface area contributed by atoms with Crippen molar-refractivity contribution >= 4 is 7.82 Å². The topological polar surface area (TPSA) is 66.8 Å². The summed E-state index contributed by atoms with van der Waals surface area (Å²) in [7, 11) is -4.81. The minimum atomic E-state index is -4.81. The molecule has 0 atom stereocenters. The third kappa shape index (κ3) is 15.6. The first-order chi connectivity index (χ1) is 2.56. The van der Waals surface area contributed by atoms with Gasteiger partial charge in [0.05, 0.1) is 0 Å². The van der Waals surface area contributed by atoms with Crippen molar-refractivity contribution in [2.75, 3.05) is 0 Å². The standard InChI is InChI=1S/Co.FH2O4P.Na.H/c;1-5-6(2,3)4;;/h;(H2,2,3,4);;/q;;+1;-1. The molecule has 2 N–H and O–H groups in total. The summed E-state index contributed by atoms with van der Waals surface area (Å²) < 4.78 is 21.4. The van der Waals surface area contributed by atoms with Crippen molar-refractivity contribution in [1.82, 2.24) is 0 Å². The van der Waals surface area contributed by atoms with Crippen LogP contribution in [0.1, 0.15) is 1.43 Å². The molecule has 0 saturated carbocycles. The van der Waals surface area contributed by atoms with Crippen molar-refractivity contribution in [1.29, 1.82) is 0 Å². The summed E-state index contributed by atoms with van der Waals surface area (Å²) in [6.45, 7) is 0. The quantitative estimate of drug-likeness (QED) is 0.351. The van der Waals surface area contributed by atoms with Crippen LogP contribution in [0.15, 0.2) is 0 Å². The zero-order valence-corrected chi connectivity index (χ0v) is 7.80. The molecule has 0 fully saturated rings. The second-order valence-electron chi connectivity index (χ2n) is 0.560. The summed E-state index contributed by atoms with van der Waals surface area (Å²) in [4.78, 5) is 14.7. The molecule has 1 radical (unpaired) electrons. The molecule has 0 aliphatic rings. The monoisotopic (exact) mass is 199 g/mol. The zero-order valence-electron chi connectivity index (χ0n) is 4.87. The zero-order chi connectivity index (χ0) is 5.21. The molecule has 0 aliphatic carbocycles. The number of hydrogen-bond donors (Lipinski definition) is 2. The van der Waals surface area contributed by atoms with Gasteiger partial charge in [0, 0.05) is 16.8 Å². The largest absolute Gasteiger partial charge is 1.00 e. The van der Waals surface area contributed by atoms with Crippen LogP contribution in [0.3, 0.4) is 0 Å². The molecule has 0 amide bonds. The molecule has 4 nitrogen and oxygen atoms in total. The van der Waals surface area contributed by atoms with Crippen LogP contribution in [0.4, 0.5) is 4.53 Å². The van der Waals surface area contributed by atoms with E-state index in [-0.39, 0.29) is 47.8 Å². The van der Waals surface area contributed by atoms with Crippen molar-refractivity contribution < 1.29 is 71.4 Å². The van der Waals surface area contributed by atoms with Crippen molar-refractivity contribution in [3.63, 3.8) is 0 Å². The smallest absolute Gasteiger partial charge is 1.00 e. The second-order valence-corrected chi connectivity index (χ2v) is 1.68. The minimum absolute atomic E-state index is 0. The van der Waals surface area contributed by atoms with Crippen LogP contribution in [0.2, 0.25) is 0 Å². The Morgan fingerprint density at radius 2 is 1.75 bits per heavy atom. The third-order valence-corrected chi connectivity index (χ3v) is 0.270. The van der Waals surface area contributed by atoms with Gasteiger partial charge in [-0.3, -0.25) is 0 Å². The van der Waals surface area contributed by atoms with Gasteiger partial charge in [-0.2, -0.15) is 0 Å². The minimum Gasteiger partial charge on any atom is -1.00 e. The van der Waals surface area contributed by atoms with Gasteiger partial charge in [-0.1, -0.05) is 4.73 Å². The van der Waals surface area contributed by atoms with Gasteiger partial charge >= 0.3 is 37.4 Å². The van der Waals surface area contributed by atoms with Crippen molar-refractivity contribution in [3.05, 3.63) is 0 Å².